The van der Waals surface area contributed by atoms with Crippen LogP contribution in [-0.2, 0) is 16.6 Å². The molecule has 0 aromatic heterocycles. The number of hydrogen-bond acceptors (Lipinski definition) is 3. The fourth-order valence-electron chi connectivity index (χ4n) is 2.50. The summed E-state index contributed by atoms with van der Waals surface area (Å²) in [5, 5.41) is 3.45. The molecule has 6 heteroatoms. The molecule has 2 rings (SSSR count). The van der Waals surface area contributed by atoms with Crippen molar-refractivity contribution in [3.8, 4) is 0 Å². The van der Waals surface area contributed by atoms with Crippen molar-refractivity contribution in [3.63, 3.8) is 0 Å². The Morgan fingerprint density at radius 1 is 1.40 bits per heavy atom. The van der Waals surface area contributed by atoms with Gasteiger partial charge in [-0.15, -0.1) is 0 Å². The van der Waals surface area contributed by atoms with Crippen LogP contribution in [0.15, 0.2) is 18.2 Å². The molecule has 20 heavy (non-hydrogen) atoms. The third-order valence-electron chi connectivity index (χ3n) is 3.71. The van der Waals surface area contributed by atoms with E-state index in [1.54, 1.807) is 0 Å². The topological polar surface area (TPSA) is 61.4 Å². The monoisotopic (exact) mass is 297 g/mol. The minimum absolute atomic E-state index is 0.287. The van der Waals surface area contributed by atoms with Crippen molar-refractivity contribution in [1.82, 2.24) is 10.0 Å². The van der Waals surface area contributed by atoms with Crippen LogP contribution in [0.4, 0.5) is 5.69 Å². The number of benzene rings is 1. The first-order valence-corrected chi connectivity index (χ1v) is 8.51. The third-order valence-corrected chi connectivity index (χ3v) is 5.18. The maximum Gasteiger partial charge on any atom is 0.301 e. The number of fused-ring (bicyclic) bond motifs is 1. The maximum absolute atomic E-state index is 11.9. The Labute approximate surface area is 121 Å². The highest BCUT2D eigenvalue weighted by molar-refractivity contribution is 7.90. The van der Waals surface area contributed by atoms with E-state index in [0.29, 0.717) is 6.54 Å². The van der Waals surface area contributed by atoms with Crippen LogP contribution in [-0.4, -0.2) is 28.6 Å². The molecule has 1 unspecified atom stereocenters. The first-order chi connectivity index (χ1) is 9.49. The molecule has 0 aliphatic carbocycles. The van der Waals surface area contributed by atoms with Crippen molar-refractivity contribution in [2.75, 3.05) is 24.4 Å². The molecular formula is C14H23N3O2S. The van der Waals surface area contributed by atoms with Crippen LogP contribution in [0.1, 0.15) is 37.4 Å². The van der Waals surface area contributed by atoms with Gasteiger partial charge in [-0.3, -0.25) is 4.31 Å². The average Bonchev–Trinajstić information content (AvgIpc) is 2.88. The number of nitrogens with zero attached hydrogens (tertiary/aromatic N) is 1. The van der Waals surface area contributed by atoms with Crippen LogP contribution < -0.4 is 14.3 Å². The summed E-state index contributed by atoms with van der Waals surface area (Å²) in [5.41, 5.74) is 3.11. The second-order valence-corrected chi connectivity index (χ2v) is 6.89. The van der Waals surface area contributed by atoms with Gasteiger partial charge in [-0.2, -0.15) is 8.42 Å². The number of hydrogen-bond donors (Lipinski definition) is 2. The molecule has 1 aromatic carbocycles. The quantitative estimate of drug-likeness (QED) is 0.838. The summed E-state index contributed by atoms with van der Waals surface area (Å²) in [5.74, 6) is 0. The van der Waals surface area contributed by atoms with Gasteiger partial charge >= 0.3 is 10.2 Å². The summed E-state index contributed by atoms with van der Waals surface area (Å²) in [6.07, 6.45) is 1.87. The molecule has 1 aliphatic rings. The Balaban J connectivity index is 2.23. The molecule has 0 fully saturated rings. The summed E-state index contributed by atoms with van der Waals surface area (Å²) < 4.78 is 27.7. The van der Waals surface area contributed by atoms with E-state index in [9.17, 15) is 8.42 Å². The summed E-state index contributed by atoms with van der Waals surface area (Å²) >= 11 is 0. The molecule has 2 N–H and O–H groups in total. The number of anilines is 1. The molecule has 112 valence electrons. The van der Waals surface area contributed by atoms with Gasteiger partial charge < -0.3 is 5.32 Å². The molecule has 0 spiro atoms. The Kier molecular flexibility index (Phi) is 4.67. The van der Waals surface area contributed by atoms with Crippen LogP contribution in [0.3, 0.4) is 0 Å². The molecule has 1 atom stereocenters. The molecule has 0 amide bonds. The highest BCUT2D eigenvalue weighted by atomic mass is 32.2. The van der Waals surface area contributed by atoms with E-state index in [1.807, 2.05) is 12.1 Å². The van der Waals surface area contributed by atoms with Gasteiger partial charge in [-0.1, -0.05) is 19.1 Å². The second-order valence-electron chi connectivity index (χ2n) is 5.10. The van der Waals surface area contributed by atoms with Crippen molar-refractivity contribution in [1.29, 1.82) is 0 Å². The lowest BCUT2D eigenvalue weighted by Crippen LogP contribution is -2.37. The molecule has 0 saturated heterocycles. The van der Waals surface area contributed by atoms with Gasteiger partial charge in [-0.05, 0) is 43.5 Å². The van der Waals surface area contributed by atoms with E-state index in [4.69, 9.17) is 0 Å². The van der Waals surface area contributed by atoms with Gasteiger partial charge in [0.2, 0.25) is 0 Å². The van der Waals surface area contributed by atoms with Gasteiger partial charge in [0.05, 0.1) is 5.69 Å². The zero-order chi connectivity index (χ0) is 14.8. The van der Waals surface area contributed by atoms with E-state index in [1.165, 1.54) is 16.9 Å². The third kappa shape index (κ3) is 2.97. The molecule has 0 bridgehead atoms. The standard InChI is InChI=1S/C14H23N3O2S/c1-4-8-16-11(2)12-5-6-14-13(10-12)7-9-17(14)20(18,19)15-3/h5-6,10-11,15-16H,4,7-9H2,1-3H3. The van der Waals surface area contributed by atoms with Crippen molar-refractivity contribution in [3.05, 3.63) is 29.3 Å². The fraction of sp³-hybridized carbons (Fsp3) is 0.571. The lowest BCUT2D eigenvalue weighted by Gasteiger charge is -2.19. The number of nitrogens with one attached hydrogen (secondary N) is 2. The van der Waals surface area contributed by atoms with Crippen molar-refractivity contribution in [2.45, 2.75) is 32.7 Å². The maximum atomic E-state index is 11.9. The minimum atomic E-state index is -3.39. The smallest absolute Gasteiger partial charge is 0.301 e. The van der Waals surface area contributed by atoms with Gasteiger partial charge in [0.15, 0.2) is 0 Å². The van der Waals surface area contributed by atoms with Gasteiger partial charge in [0.25, 0.3) is 0 Å². The van der Waals surface area contributed by atoms with Crippen LogP contribution in [0.5, 0.6) is 0 Å². The molecule has 1 heterocycles. The van der Waals surface area contributed by atoms with Crippen molar-refractivity contribution >= 4 is 15.9 Å². The molecule has 0 saturated carbocycles. The predicted octanol–water partition coefficient (Wildman–Crippen LogP) is 1.57. The lowest BCUT2D eigenvalue weighted by molar-refractivity contribution is 0.570. The highest BCUT2D eigenvalue weighted by Crippen LogP contribution is 2.31. The first-order valence-electron chi connectivity index (χ1n) is 7.07. The Bertz CT molecular complexity index is 572. The molecule has 5 nitrogen and oxygen atoms in total. The van der Waals surface area contributed by atoms with E-state index >= 15 is 0 Å². The van der Waals surface area contributed by atoms with E-state index < -0.39 is 10.2 Å². The van der Waals surface area contributed by atoms with Gasteiger partial charge in [-0.25, -0.2) is 4.72 Å². The van der Waals surface area contributed by atoms with Crippen LogP contribution in [0, 0.1) is 0 Å². The Hall–Kier alpha value is -1.11. The van der Waals surface area contributed by atoms with E-state index in [2.05, 4.69) is 30.0 Å². The van der Waals surface area contributed by atoms with Crippen LogP contribution in [0.2, 0.25) is 0 Å². The highest BCUT2D eigenvalue weighted by Gasteiger charge is 2.28. The largest absolute Gasteiger partial charge is 0.310 e. The zero-order valence-electron chi connectivity index (χ0n) is 12.3. The predicted molar refractivity (Wildman–Crippen MR) is 82.2 cm³/mol. The van der Waals surface area contributed by atoms with Crippen molar-refractivity contribution < 1.29 is 8.42 Å². The van der Waals surface area contributed by atoms with Crippen molar-refractivity contribution in [2.24, 2.45) is 0 Å². The fourth-order valence-corrected chi connectivity index (χ4v) is 3.49. The summed E-state index contributed by atoms with van der Waals surface area (Å²) in [7, 11) is -1.95. The minimum Gasteiger partial charge on any atom is -0.310 e. The summed E-state index contributed by atoms with van der Waals surface area (Å²) in [6, 6.07) is 6.33. The first kappa shape index (κ1) is 15.3. The SMILES string of the molecule is CCCNC(C)c1ccc2c(c1)CCN2S(=O)(=O)NC. The molecule has 1 aliphatic heterocycles. The summed E-state index contributed by atoms with van der Waals surface area (Å²) in [4.78, 5) is 0. The molecular weight excluding hydrogens is 274 g/mol. The normalized spacial score (nSPS) is 16.2. The van der Waals surface area contributed by atoms with E-state index in [-0.39, 0.29) is 6.04 Å². The van der Waals surface area contributed by atoms with Crippen LogP contribution >= 0.6 is 0 Å². The van der Waals surface area contributed by atoms with Gasteiger partial charge in [0.1, 0.15) is 0 Å². The second kappa shape index (κ2) is 6.11. The van der Waals surface area contributed by atoms with Gasteiger partial charge in [0, 0.05) is 19.6 Å². The van der Waals surface area contributed by atoms with Crippen LogP contribution in [0.25, 0.3) is 0 Å². The summed E-state index contributed by atoms with van der Waals surface area (Å²) in [6.45, 7) is 5.77. The average molecular weight is 297 g/mol. The molecule has 1 aromatic rings. The lowest BCUT2D eigenvalue weighted by atomic mass is 10.0. The van der Waals surface area contributed by atoms with E-state index in [0.717, 1.165) is 30.6 Å². The molecule has 0 radical (unpaired) electrons. The zero-order valence-corrected chi connectivity index (χ0v) is 13.1. The Morgan fingerprint density at radius 3 is 2.80 bits per heavy atom. The Morgan fingerprint density at radius 2 is 2.15 bits per heavy atom. The number of rotatable bonds is 6.